The molecule has 3 aromatic rings. The van der Waals surface area contributed by atoms with Gasteiger partial charge >= 0.3 is 5.97 Å². The smallest absolute Gasteiger partial charge is 0.337 e. The second-order valence-corrected chi connectivity index (χ2v) is 3.51. The molecule has 0 N–H and O–H groups in total. The number of rotatable bonds is 1. The summed E-state index contributed by atoms with van der Waals surface area (Å²) in [5.41, 5.74) is 2.68. The highest BCUT2D eigenvalue weighted by Gasteiger charge is 2.08. The predicted molar refractivity (Wildman–Crippen MR) is 59.6 cm³/mol. The van der Waals surface area contributed by atoms with Gasteiger partial charge in [0.15, 0.2) is 5.65 Å². The van der Waals surface area contributed by atoms with E-state index in [0.29, 0.717) is 16.7 Å². The van der Waals surface area contributed by atoms with Crippen molar-refractivity contribution in [3.8, 4) is 0 Å². The van der Waals surface area contributed by atoms with Crippen LogP contribution in [0.15, 0.2) is 30.7 Å². The number of benzene rings is 1. The van der Waals surface area contributed by atoms with Gasteiger partial charge in [0.05, 0.1) is 29.9 Å². The predicted octanol–water partition coefficient (Wildman–Crippen LogP) is 1.06. The molecule has 0 atom stereocenters. The molecule has 0 spiro atoms. The molecule has 0 saturated carbocycles. The van der Waals surface area contributed by atoms with Gasteiger partial charge in [-0.2, -0.15) is 0 Å². The summed E-state index contributed by atoms with van der Waals surface area (Å²) in [6.07, 6.45) is 3.22. The highest BCUT2D eigenvalue weighted by atomic mass is 16.5. The van der Waals surface area contributed by atoms with E-state index in [0.717, 1.165) is 5.52 Å². The van der Waals surface area contributed by atoms with Gasteiger partial charge in [-0.1, -0.05) is 0 Å². The molecule has 0 aliphatic rings. The van der Waals surface area contributed by atoms with Crippen LogP contribution < -0.4 is 0 Å². The van der Waals surface area contributed by atoms with E-state index in [9.17, 15) is 4.79 Å². The van der Waals surface area contributed by atoms with Crippen LogP contribution in [0.2, 0.25) is 0 Å². The van der Waals surface area contributed by atoms with Crippen LogP contribution in [0, 0.1) is 0 Å². The Hall–Kier alpha value is -2.50. The van der Waals surface area contributed by atoms with E-state index < -0.39 is 0 Å². The molecule has 1 aromatic carbocycles. The van der Waals surface area contributed by atoms with Crippen LogP contribution in [-0.4, -0.2) is 32.7 Å². The van der Waals surface area contributed by atoms with E-state index >= 15 is 0 Å². The molecule has 0 amide bonds. The van der Waals surface area contributed by atoms with Crippen LogP contribution in [0.4, 0.5) is 0 Å². The highest BCUT2D eigenvalue weighted by molar-refractivity contribution is 5.93. The molecule has 6 heteroatoms. The van der Waals surface area contributed by atoms with Crippen LogP contribution in [0.3, 0.4) is 0 Å². The second-order valence-electron chi connectivity index (χ2n) is 3.51. The lowest BCUT2D eigenvalue weighted by molar-refractivity contribution is 0.0601. The second kappa shape index (κ2) is 3.51. The number of fused-ring (bicyclic) bond motifs is 3. The average Bonchev–Trinajstić information content (AvgIpc) is 2.85. The zero-order valence-corrected chi connectivity index (χ0v) is 8.99. The van der Waals surface area contributed by atoms with Crippen molar-refractivity contribution in [2.75, 3.05) is 7.11 Å². The number of carbonyl (C=O) groups is 1. The van der Waals surface area contributed by atoms with Crippen molar-refractivity contribution in [1.82, 2.24) is 19.6 Å². The van der Waals surface area contributed by atoms with Gasteiger partial charge in [-0.15, -0.1) is 10.2 Å². The third-order valence-electron chi connectivity index (χ3n) is 2.55. The molecule has 17 heavy (non-hydrogen) atoms. The SMILES string of the molecule is COC(=O)c1ccc2c(c1)ncc1nncn12. The van der Waals surface area contributed by atoms with Crippen molar-refractivity contribution in [1.29, 1.82) is 0 Å². The fourth-order valence-electron chi connectivity index (χ4n) is 1.72. The first-order chi connectivity index (χ1) is 8.29. The topological polar surface area (TPSA) is 69.4 Å². The Morgan fingerprint density at radius 2 is 2.29 bits per heavy atom. The summed E-state index contributed by atoms with van der Waals surface area (Å²) in [4.78, 5) is 15.6. The third kappa shape index (κ3) is 1.42. The quantitative estimate of drug-likeness (QED) is 0.582. The summed E-state index contributed by atoms with van der Waals surface area (Å²) in [6, 6.07) is 5.17. The Morgan fingerprint density at radius 1 is 1.41 bits per heavy atom. The van der Waals surface area contributed by atoms with Gasteiger partial charge in [0.25, 0.3) is 0 Å². The summed E-state index contributed by atoms with van der Waals surface area (Å²) in [6.45, 7) is 0. The van der Waals surface area contributed by atoms with E-state index in [1.165, 1.54) is 7.11 Å². The van der Waals surface area contributed by atoms with E-state index in [-0.39, 0.29) is 5.97 Å². The van der Waals surface area contributed by atoms with E-state index in [2.05, 4.69) is 19.9 Å². The monoisotopic (exact) mass is 228 g/mol. The van der Waals surface area contributed by atoms with Crippen LogP contribution in [0.1, 0.15) is 10.4 Å². The first kappa shape index (κ1) is 9.71. The Morgan fingerprint density at radius 3 is 3.12 bits per heavy atom. The van der Waals surface area contributed by atoms with Crippen LogP contribution in [0.25, 0.3) is 16.7 Å². The zero-order chi connectivity index (χ0) is 11.8. The van der Waals surface area contributed by atoms with Crippen LogP contribution in [-0.2, 0) is 4.74 Å². The van der Waals surface area contributed by atoms with Gasteiger partial charge in [-0.3, -0.25) is 9.38 Å². The number of methoxy groups -OCH3 is 1. The van der Waals surface area contributed by atoms with Crippen molar-refractivity contribution < 1.29 is 9.53 Å². The Labute approximate surface area is 95.9 Å². The lowest BCUT2D eigenvalue weighted by Crippen LogP contribution is -2.01. The van der Waals surface area contributed by atoms with E-state index in [1.54, 1.807) is 30.7 Å². The molecule has 6 nitrogen and oxygen atoms in total. The number of hydrogen-bond acceptors (Lipinski definition) is 5. The molecule has 0 bridgehead atoms. The normalized spacial score (nSPS) is 10.9. The Balaban J connectivity index is 2.30. The minimum Gasteiger partial charge on any atom is -0.465 e. The lowest BCUT2D eigenvalue weighted by atomic mass is 10.2. The van der Waals surface area contributed by atoms with Gasteiger partial charge in [0.2, 0.25) is 0 Å². The fraction of sp³-hybridized carbons (Fsp3) is 0.0909. The van der Waals surface area contributed by atoms with Crippen molar-refractivity contribution in [3.63, 3.8) is 0 Å². The highest BCUT2D eigenvalue weighted by Crippen LogP contribution is 2.15. The molecule has 2 aromatic heterocycles. The summed E-state index contributed by atoms with van der Waals surface area (Å²) in [5, 5.41) is 7.71. The molecule has 0 fully saturated rings. The molecular weight excluding hydrogens is 220 g/mol. The first-order valence-electron chi connectivity index (χ1n) is 4.96. The van der Waals surface area contributed by atoms with Gasteiger partial charge in [-0.05, 0) is 18.2 Å². The summed E-state index contributed by atoms with van der Waals surface area (Å²) in [7, 11) is 1.35. The largest absolute Gasteiger partial charge is 0.465 e. The molecule has 0 saturated heterocycles. The number of ether oxygens (including phenoxy) is 1. The third-order valence-corrected chi connectivity index (χ3v) is 2.55. The molecule has 84 valence electrons. The van der Waals surface area contributed by atoms with Gasteiger partial charge in [0.1, 0.15) is 6.33 Å². The molecule has 0 unspecified atom stereocenters. The molecule has 2 heterocycles. The summed E-state index contributed by atoms with van der Waals surface area (Å²) in [5.74, 6) is -0.377. The number of nitrogens with zero attached hydrogens (tertiary/aromatic N) is 4. The standard InChI is InChI=1S/C11H8N4O2/c1-17-11(16)7-2-3-9-8(4-7)12-5-10-14-13-6-15(9)10/h2-6H,1H3. The lowest BCUT2D eigenvalue weighted by Gasteiger charge is -2.02. The van der Waals surface area contributed by atoms with Crippen LogP contribution >= 0.6 is 0 Å². The minimum absolute atomic E-state index is 0.377. The van der Waals surface area contributed by atoms with Gasteiger partial charge in [-0.25, -0.2) is 4.79 Å². The maximum atomic E-state index is 11.4. The minimum atomic E-state index is -0.377. The summed E-state index contributed by atoms with van der Waals surface area (Å²) >= 11 is 0. The Kier molecular flexibility index (Phi) is 2.01. The van der Waals surface area contributed by atoms with Crippen molar-refractivity contribution in [3.05, 3.63) is 36.3 Å². The average molecular weight is 228 g/mol. The molecular formula is C11H8N4O2. The van der Waals surface area contributed by atoms with E-state index in [4.69, 9.17) is 0 Å². The maximum absolute atomic E-state index is 11.4. The van der Waals surface area contributed by atoms with Crippen LogP contribution in [0.5, 0.6) is 0 Å². The summed E-state index contributed by atoms with van der Waals surface area (Å²) < 4.78 is 6.47. The van der Waals surface area contributed by atoms with E-state index in [1.807, 2.05) is 4.40 Å². The maximum Gasteiger partial charge on any atom is 0.337 e. The molecule has 0 radical (unpaired) electrons. The molecule has 0 aliphatic heterocycles. The number of aromatic nitrogens is 4. The Bertz CT molecular complexity index is 720. The van der Waals surface area contributed by atoms with Crippen molar-refractivity contribution in [2.45, 2.75) is 0 Å². The molecule has 0 aliphatic carbocycles. The zero-order valence-electron chi connectivity index (χ0n) is 8.99. The van der Waals surface area contributed by atoms with Crippen molar-refractivity contribution >= 4 is 22.6 Å². The molecule has 3 rings (SSSR count). The fourth-order valence-corrected chi connectivity index (χ4v) is 1.72. The van der Waals surface area contributed by atoms with Gasteiger partial charge < -0.3 is 4.74 Å². The number of carbonyl (C=O) groups excluding carboxylic acids is 1. The number of hydrogen-bond donors (Lipinski definition) is 0. The van der Waals surface area contributed by atoms with Crippen molar-refractivity contribution in [2.24, 2.45) is 0 Å². The number of esters is 1. The van der Waals surface area contributed by atoms with Gasteiger partial charge in [0, 0.05) is 0 Å². The first-order valence-corrected chi connectivity index (χ1v) is 4.96.